The predicted octanol–water partition coefficient (Wildman–Crippen LogP) is 2.70. The Hall–Kier alpha value is -3.61. The Kier molecular flexibility index (Phi) is 6.49. The maximum absolute atomic E-state index is 12.9. The lowest BCUT2D eigenvalue weighted by Gasteiger charge is -2.37. The van der Waals surface area contributed by atoms with Crippen molar-refractivity contribution in [3.8, 4) is 0 Å². The molecule has 7 nitrogen and oxygen atoms in total. The molecule has 1 amide bonds. The number of rotatable bonds is 6. The van der Waals surface area contributed by atoms with Crippen LogP contribution < -0.4 is 16.0 Å². The topological polar surface area (TPSA) is 67.5 Å². The molecular formula is C26H30N4O3. The van der Waals surface area contributed by atoms with E-state index in [0.29, 0.717) is 24.1 Å². The second-order valence-electron chi connectivity index (χ2n) is 8.56. The third-order valence-corrected chi connectivity index (χ3v) is 6.34. The number of para-hydroxylation sites is 2. The van der Waals surface area contributed by atoms with E-state index < -0.39 is 11.1 Å². The number of aryl methyl sites for hydroxylation is 3. The zero-order chi connectivity index (χ0) is 23.5. The van der Waals surface area contributed by atoms with Crippen molar-refractivity contribution in [3.63, 3.8) is 0 Å². The molecule has 0 spiro atoms. The molecule has 1 aliphatic rings. The number of piperazine rings is 1. The van der Waals surface area contributed by atoms with Crippen LogP contribution in [0, 0.1) is 13.8 Å². The average Bonchev–Trinajstić information content (AvgIpc) is 2.83. The molecule has 0 radical (unpaired) electrons. The summed E-state index contributed by atoms with van der Waals surface area (Å²) in [6.45, 7) is 11.1. The third kappa shape index (κ3) is 4.49. The molecule has 1 aromatic heterocycles. The summed E-state index contributed by atoms with van der Waals surface area (Å²) < 4.78 is 2.86. The highest BCUT2D eigenvalue weighted by molar-refractivity contribution is 5.78. The van der Waals surface area contributed by atoms with Gasteiger partial charge in [-0.05, 0) is 43.2 Å². The van der Waals surface area contributed by atoms with Gasteiger partial charge in [0.05, 0.1) is 11.0 Å². The number of anilines is 1. The molecule has 172 valence electrons. The van der Waals surface area contributed by atoms with E-state index in [-0.39, 0.29) is 25.4 Å². The Morgan fingerprint density at radius 2 is 1.58 bits per heavy atom. The number of carbonyl (C=O) groups is 1. The normalized spacial score (nSPS) is 14.0. The van der Waals surface area contributed by atoms with Crippen molar-refractivity contribution in [2.45, 2.75) is 33.4 Å². The van der Waals surface area contributed by atoms with Gasteiger partial charge in [-0.25, -0.2) is 0 Å². The number of benzene rings is 2. The lowest BCUT2D eigenvalue weighted by Crippen LogP contribution is -2.49. The molecule has 1 saturated heterocycles. The number of hydrogen-bond acceptors (Lipinski definition) is 4. The van der Waals surface area contributed by atoms with Gasteiger partial charge >= 0.3 is 11.1 Å². The van der Waals surface area contributed by atoms with Crippen LogP contribution in [-0.4, -0.2) is 46.1 Å². The summed E-state index contributed by atoms with van der Waals surface area (Å²) >= 11 is 0. The molecule has 33 heavy (non-hydrogen) atoms. The summed E-state index contributed by atoms with van der Waals surface area (Å²) in [5.74, 6) is 0.00173. The number of amides is 1. The van der Waals surface area contributed by atoms with Crippen molar-refractivity contribution in [2.24, 2.45) is 0 Å². The molecule has 7 heteroatoms. The van der Waals surface area contributed by atoms with Crippen LogP contribution in [0.1, 0.15) is 17.5 Å². The van der Waals surface area contributed by atoms with Gasteiger partial charge in [-0.1, -0.05) is 30.3 Å². The summed E-state index contributed by atoms with van der Waals surface area (Å²) in [5, 5.41) is 0. The molecule has 2 heterocycles. The van der Waals surface area contributed by atoms with Crippen LogP contribution in [0.3, 0.4) is 0 Å². The first-order valence-corrected chi connectivity index (χ1v) is 11.3. The van der Waals surface area contributed by atoms with Gasteiger partial charge in [0.1, 0.15) is 0 Å². The molecular weight excluding hydrogens is 416 g/mol. The van der Waals surface area contributed by atoms with Crippen molar-refractivity contribution in [1.29, 1.82) is 0 Å². The lowest BCUT2D eigenvalue weighted by molar-refractivity contribution is -0.131. The van der Waals surface area contributed by atoms with Gasteiger partial charge in [-0.3, -0.25) is 19.0 Å². The van der Waals surface area contributed by atoms with E-state index >= 15 is 0 Å². The van der Waals surface area contributed by atoms with Crippen LogP contribution in [0.25, 0.3) is 11.0 Å². The molecule has 1 aliphatic heterocycles. The Labute approximate surface area is 193 Å². The first kappa shape index (κ1) is 22.6. The van der Waals surface area contributed by atoms with Crippen molar-refractivity contribution in [3.05, 3.63) is 87.0 Å². The van der Waals surface area contributed by atoms with Crippen molar-refractivity contribution >= 4 is 22.6 Å². The molecule has 0 atom stereocenters. The fourth-order valence-electron chi connectivity index (χ4n) is 4.53. The highest BCUT2D eigenvalue weighted by atomic mass is 16.2. The standard InChI is InChI=1S/C26H30N4O3/c1-4-12-29-21-7-5-6-8-22(21)30(26(33)25(29)32)13-11-24(31)28-16-14-27(15-17-28)23-18-19(2)9-10-20(23)3/h4-10,18H,1,11-17H2,2-3H3. The lowest BCUT2D eigenvalue weighted by atomic mass is 10.1. The first-order valence-electron chi connectivity index (χ1n) is 11.3. The van der Waals surface area contributed by atoms with E-state index in [1.807, 2.05) is 29.2 Å². The minimum Gasteiger partial charge on any atom is -0.368 e. The maximum Gasteiger partial charge on any atom is 0.317 e. The molecule has 3 aromatic rings. The molecule has 0 unspecified atom stereocenters. The van der Waals surface area contributed by atoms with Crippen LogP contribution in [0.2, 0.25) is 0 Å². The molecule has 0 bridgehead atoms. The van der Waals surface area contributed by atoms with Crippen LogP contribution in [0.5, 0.6) is 0 Å². The predicted molar refractivity (Wildman–Crippen MR) is 132 cm³/mol. The quantitative estimate of drug-likeness (QED) is 0.431. The number of fused-ring (bicyclic) bond motifs is 1. The smallest absolute Gasteiger partial charge is 0.317 e. The minimum absolute atomic E-state index is 0.00173. The SMILES string of the molecule is C=CCn1c(=O)c(=O)n(CCC(=O)N2CCN(c3cc(C)ccc3C)CC2)c2ccccc21. The Morgan fingerprint density at radius 1 is 0.939 bits per heavy atom. The molecule has 0 saturated carbocycles. The first-order chi connectivity index (χ1) is 15.9. The monoisotopic (exact) mass is 446 g/mol. The minimum atomic E-state index is -0.608. The van der Waals surface area contributed by atoms with Gasteiger partial charge in [0, 0.05) is 51.4 Å². The van der Waals surface area contributed by atoms with E-state index in [0.717, 1.165) is 13.1 Å². The zero-order valence-corrected chi connectivity index (χ0v) is 19.3. The van der Waals surface area contributed by atoms with Crippen LogP contribution in [0.4, 0.5) is 5.69 Å². The number of nitrogens with zero attached hydrogens (tertiary/aromatic N) is 4. The van der Waals surface area contributed by atoms with Crippen molar-refractivity contribution in [2.75, 3.05) is 31.1 Å². The highest BCUT2D eigenvalue weighted by Crippen LogP contribution is 2.23. The van der Waals surface area contributed by atoms with Crippen LogP contribution in [-0.2, 0) is 17.9 Å². The summed E-state index contributed by atoms with van der Waals surface area (Å²) in [6.07, 6.45) is 1.78. The highest BCUT2D eigenvalue weighted by Gasteiger charge is 2.22. The second kappa shape index (κ2) is 9.48. The summed E-state index contributed by atoms with van der Waals surface area (Å²) in [4.78, 5) is 42.5. The third-order valence-electron chi connectivity index (χ3n) is 6.34. The van der Waals surface area contributed by atoms with Gasteiger partial charge in [0.2, 0.25) is 5.91 Å². The van der Waals surface area contributed by atoms with Gasteiger partial charge in [0.15, 0.2) is 0 Å². The Balaban J connectivity index is 1.47. The van der Waals surface area contributed by atoms with E-state index in [2.05, 4.69) is 43.5 Å². The molecule has 0 aliphatic carbocycles. The van der Waals surface area contributed by atoms with E-state index in [1.165, 1.54) is 25.9 Å². The number of aromatic nitrogens is 2. The van der Waals surface area contributed by atoms with Crippen molar-refractivity contribution in [1.82, 2.24) is 14.0 Å². The Morgan fingerprint density at radius 3 is 2.24 bits per heavy atom. The number of carbonyl (C=O) groups excluding carboxylic acids is 1. The largest absolute Gasteiger partial charge is 0.368 e. The second-order valence-corrected chi connectivity index (χ2v) is 8.56. The Bertz CT molecular complexity index is 1310. The van der Waals surface area contributed by atoms with Gasteiger partial charge < -0.3 is 14.4 Å². The fraction of sp³-hybridized carbons (Fsp3) is 0.346. The van der Waals surface area contributed by atoms with Crippen LogP contribution in [0.15, 0.2) is 64.7 Å². The average molecular weight is 447 g/mol. The van der Waals surface area contributed by atoms with Crippen molar-refractivity contribution < 1.29 is 4.79 Å². The fourth-order valence-corrected chi connectivity index (χ4v) is 4.53. The summed E-state index contributed by atoms with van der Waals surface area (Å²) in [7, 11) is 0. The van der Waals surface area contributed by atoms with Crippen LogP contribution >= 0.6 is 0 Å². The van der Waals surface area contributed by atoms with E-state index in [4.69, 9.17) is 0 Å². The van der Waals surface area contributed by atoms with Gasteiger partial charge in [0.25, 0.3) is 0 Å². The number of allylic oxidation sites excluding steroid dienone is 1. The van der Waals surface area contributed by atoms with Gasteiger partial charge in [-0.15, -0.1) is 6.58 Å². The van der Waals surface area contributed by atoms with E-state index in [9.17, 15) is 14.4 Å². The summed E-state index contributed by atoms with van der Waals surface area (Å²) in [6, 6.07) is 13.7. The molecule has 1 fully saturated rings. The molecule has 4 rings (SSSR count). The van der Waals surface area contributed by atoms with Gasteiger partial charge in [-0.2, -0.15) is 0 Å². The summed E-state index contributed by atoms with van der Waals surface area (Å²) in [5.41, 5.74) is 3.79. The zero-order valence-electron chi connectivity index (χ0n) is 19.3. The van der Waals surface area contributed by atoms with E-state index in [1.54, 1.807) is 6.08 Å². The number of hydrogen-bond donors (Lipinski definition) is 0. The molecule has 0 N–H and O–H groups in total. The molecule has 2 aromatic carbocycles. The maximum atomic E-state index is 12.9.